The summed E-state index contributed by atoms with van der Waals surface area (Å²) in [6, 6.07) is 20.3. The van der Waals surface area contributed by atoms with Gasteiger partial charge in [0.15, 0.2) is 5.69 Å². The number of aromatic nitrogens is 2. The largest absolute Gasteiger partial charge is 0.320 e. The number of anilines is 1. The summed E-state index contributed by atoms with van der Waals surface area (Å²) in [5.41, 5.74) is 1.29. The van der Waals surface area contributed by atoms with Crippen molar-refractivity contribution in [1.29, 1.82) is 0 Å². The van der Waals surface area contributed by atoms with E-state index in [1.807, 2.05) is 6.07 Å². The lowest BCUT2D eigenvalue weighted by atomic mass is 10.1. The molecular weight excluding hydrogens is 464 g/mol. The number of benzene rings is 3. The number of hydrogen-bond donors (Lipinski definition) is 1. The Hall–Kier alpha value is -3.82. The van der Waals surface area contributed by atoms with E-state index in [2.05, 4.69) is 10.4 Å². The molecule has 3 aromatic carbocycles. The summed E-state index contributed by atoms with van der Waals surface area (Å²) in [5.74, 6) is -0.550. The molecule has 0 saturated carbocycles. The van der Waals surface area contributed by atoms with Crippen LogP contribution in [0, 0.1) is 6.92 Å². The van der Waals surface area contributed by atoms with Crippen molar-refractivity contribution in [3.05, 3.63) is 94.4 Å². The van der Waals surface area contributed by atoms with E-state index in [9.17, 15) is 18.0 Å². The van der Waals surface area contributed by atoms with Crippen molar-refractivity contribution < 1.29 is 13.2 Å². The summed E-state index contributed by atoms with van der Waals surface area (Å²) in [6.45, 7) is 6.00. The van der Waals surface area contributed by atoms with Crippen LogP contribution in [-0.2, 0) is 10.0 Å². The Morgan fingerprint density at radius 2 is 1.57 bits per heavy atom. The van der Waals surface area contributed by atoms with E-state index in [1.165, 1.54) is 21.1 Å². The summed E-state index contributed by atoms with van der Waals surface area (Å²) >= 11 is 0. The number of nitrogens with zero attached hydrogens (tertiary/aromatic N) is 3. The molecule has 9 heteroatoms. The highest BCUT2D eigenvalue weighted by atomic mass is 32.2. The summed E-state index contributed by atoms with van der Waals surface area (Å²) in [5, 5.41) is 7.95. The summed E-state index contributed by atoms with van der Waals surface area (Å²) in [7, 11) is -3.70. The molecule has 0 spiro atoms. The van der Waals surface area contributed by atoms with E-state index in [4.69, 9.17) is 0 Å². The van der Waals surface area contributed by atoms with Crippen LogP contribution in [0.2, 0.25) is 0 Å². The lowest BCUT2D eigenvalue weighted by Gasteiger charge is -2.19. The highest BCUT2D eigenvalue weighted by molar-refractivity contribution is 7.89. The highest BCUT2D eigenvalue weighted by Crippen LogP contribution is 2.24. The van der Waals surface area contributed by atoms with Gasteiger partial charge in [0, 0.05) is 24.2 Å². The van der Waals surface area contributed by atoms with Gasteiger partial charge in [-0.25, -0.2) is 8.42 Å². The second kappa shape index (κ2) is 9.81. The molecular formula is C26H26N4O4S. The molecule has 0 radical (unpaired) electrons. The maximum absolute atomic E-state index is 13.4. The lowest BCUT2D eigenvalue weighted by molar-refractivity contribution is 0.102. The zero-order chi connectivity index (χ0) is 25.2. The number of nitrogens with one attached hydrogen (secondary N) is 1. The molecule has 0 fully saturated rings. The highest BCUT2D eigenvalue weighted by Gasteiger charge is 2.23. The van der Waals surface area contributed by atoms with Gasteiger partial charge >= 0.3 is 0 Å². The van der Waals surface area contributed by atoms with Crippen LogP contribution in [0.25, 0.3) is 16.5 Å². The van der Waals surface area contributed by atoms with Crippen molar-refractivity contribution in [3.8, 4) is 5.69 Å². The first-order valence-electron chi connectivity index (χ1n) is 11.3. The van der Waals surface area contributed by atoms with Crippen LogP contribution in [0.3, 0.4) is 0 Å². The number of para-hydroxylation sites is 1. The molecule has 1 aromatic heterocycles. The molecule has 4 rings (SSSR count). The number of sulfonamides is 1. The van der Waals surface area contributed by atoms with E-state index in [0.717, 1.165) is 0 Å². The molecule has 0 saturated heterocycles. The van der Waals surface area contributed by atoms with Crippen molar-refractivity contribution in [1.82, 2.24) is 14.1 Å². The summed E-state index contributed by atoms with van der Waals surface area (Å²) < 4.78 is 28.5. The van der Waals surface area contributed by atoms with Crippen molar-refractivity contribution in [2.45, 2.75) is 25.7 Å². The van der Waals surface area contributed by atoms with Gasteiger partial charge in [-0.15, -0.1) is 0 Å². The Labute approximate surface area is 203 Å². The first-order valence-corrected chi connectivity index (χ1v) is 12.7. The average molecular weight is 491 g/mol. The fourth-order valence-corrected chi connectivity index (χ4v) is 5.38. The molecule has 1 N–H and O–H groups in total. The molecule has 1 amide bonds. The molecule has 0 aliphatic heterocycles. The average Bonchev–Trinajstić information content (AvgIpc) is 2.86. The molecule has 35 heavy (non-hydrogen) atoms. The first-order chi connectivity index (χ1) is 16.8. The minimum absolute atomic E-state index is 0.0560. The van der Waals surface area contributed by atoms with Crippen LogP contribution in [0.4, 0.5) is 5.69 Å². The molecule has 0 aliphatic rings. The van der Waals surface area contributed by atoms with Crippen molar-refractivity contribution >= 4 is 32.4 Å². The smallest absolute Gasteiger partial charge is 0.279 e. The standard InChI is InChI=1S/C26H26N4O4S/c1-4-29(5-2)35(33,34)20-16-15-18(3)23(17-20)27-25(31)24-21-13-9-10-14-22(21)26(32)30(28-24)19-11-7-6-8-12-19/h6-17H,4-5H2,1-3H3,(H,27,31). The third kappa shape index (κ3) is 4.60. The fraction of sp³-hybridized carbons (Fsp3) is 0.192. The van der Waals surface area contributed by atoms with Crippen molar-refractivity contribution in [2.24, 2.45) is 0 Å². The van der Waals surface area contributed by atoms with Crippen LogP contribution in [-0.4, -0.2) is 41.5 Å². The second-order valence-electron chi connectivity index (χ2n) is 7.97. The molecule has 180 valence electrons. The van der Waals surface area contributed by atoms with Crippen LogP contribution < -0.4 is 10.9 Å². The summed E-state index contributed by atoms with van der Waals surface area (Å²) in [6.07, 6.45) is 0. The van der Waals surface area contributed by atoms with Crippen molar-refractivity contribution in [2.75, 3.05) is 18.4 Å². The second-order valence-corrected chi connectivity index (χ2v) is 9.90. The number of amides is 1. The number of carbonyl (C=O) groups is 1. The van der Waals surface area contributed by atoms with Gasteiger partial charge in [0.05, 0.1) is 16.0 Å². The Bertz CT molecular complexity index is 1560. The monoisotopic (exact) mass is 490 g/mol. The number of fused-ring (bicyclic) bond motifs is 1. The third-order valence-electron chi connectivity index (χ3n) is 5.82. The van der Waals surface area contributed by atoms with Gasteiger partial charge in [0.2, 0.25) is 10.0 Å². The Kier molecular flexibility index (Phi) is 6.81. The molecule has 0 bridgehead atoms. The van der Waals surface area contributed by atoms with E-state index >= 15 is 0 Å². The number of rotatable bonds is 7. The van der Waals surface area contributed by atoms with Crippen LogP contribution in [0.15, 0.2) is 82.5 Å². The number of carbonyl (C=O) groups excluding carboxylic acids is 1. The normalized spacial score (nSPS) is 11.7. The molecule has 4 aromatic rings. The molecule has 8 nitrogen and oxygen atoms in total. The van der Waals surface area contributed by atoms with Gasteiger partial charge in [-0.3, -0.25) is 9.59 Å². The van der Waals surface area contributed by atoms with E-state index in [1.54, 1.807) is 75.4 Å². The third-order valence-corrected chi connectivity index (χ3v) is 7.87. The van der Waals surface area contributed by atoms with E-state index in [0.29, 0.717) is 40.8 Å². The van der Waals surface area contributed by atoms with Crippen LogP contribution in [0.5, 0.6) is 0 Å². The topological polar surface area (TPSA) is 101 Å². The Balaban J connectivity index is 1.80. The van der Waals surface area contributed by atoms with Gasteiger partial charge in [0.1, 0.15) is 0 Å². The van der Waals surface area contributed by atoms with Crippen LogP contribution >= 0.6 is 0 Å². The molecule has 0 aliphatic carbocycles. The number of hydrogen-bond acceptors (Lipinski definition) is 5. The molecule has 1 heterocycles. The van der Waals surface area contributed by atoms with Crippen LogP contribution in [0.1, 0.15) is 29.9 Å². The Morgan fingerprint density at radius 1 is 0.943 bits per heavy atom. The van der Waals surface area contributed by atoms with Gasteiger partial charge in [-0.1, -0.05) is 56.3 Å². The molecule has 0 atom stereocenters. The first kappa shape index (κ1) is 24.3. The lowest BCUT2D eigenvalue weighted by Crippen LogP contribution is -2.30. The minimum atomic E-state index is -3.70. The number of aryl methyl sites for hydroxylation is 1. The quantitative estimate of drug-likeness (QED) is 0.422. The van der Waals surface area contributed by atoms with E-state index in [-0.39, 0.29) is 16.1 Å². The van der Waals surface area contributed by atoms with Gasteiger partial charge < -0.3 is 5.32 Å². The van der Waals surface area contributed by atoms with Gasteiger partial charge in [0.25, 0.3) is 11.5 Å². The SMILES string of the molecule is CCN(CC)S(=O)(=O)c1ccc(C)c(NC(=O)c2nn(-c3ccccc3)c(=O)c3ccccc23)c1. The maximum Gasteiger partial charge on any atom is 0.279 e. The molecule has 0 unspecified atom stereocenters. The minimum Gasteiger partial charge on any atom is -0.320 e. The van der Waals surface area contributed by atoms with Crippen molar-refractivity contribution in [3.63, 3.8) is 0 Å². The zero-order valence-corrected chi connectivity index (χ0v) is 20.5. The summed E-state index contributed by atoms with van der Waals surface area (Å²) in [4.78, 5) is 26.6. The predicted octanol–water partition coefficient (Wildman–Crippen LogP) is 3.98. The van der Waals surface area contributed by atoms with Gasteiger partial charge in [-0.05, 0) is 42.8 Å². The maximum atomic E-state index is 13.4. The van der Waals surface area contributed by atoms with E-state index < -0.39 is 15.9 Å². The van der Waals surface area contributed by atoms with Gasteiger partial charge in [-0.2, -0.15) is 14.1 Å². The zero-order valence-electron chi connectivity index (χ0n) is 19.7. The Morgan fingerprint density at radius 3 is 2.23 bits per heavy atom. The fourth-order valence-electron chi connectivity index (χ4n) is 3.89. The predicted molar refractivity (Wildman–Crippen MR) is 137 cm³/mol.